The van der Waals surface area contributed by atoms with Crippen LogP contribution in [0.2, 0.25) is 0 Å². The number of hydrogen-bond acceptors (Lipinski definition) is 4. The minimum absolute atomic E-state index is 0.217. The van der Waals surface area contributed by atoms with Gasteiger partial charge in [0.1, 0.15) is 5.75 Å². The number of aliphatic carboxylic acids is 1. The Morgan fingerprint density at radius 3 is 2.51 bits per heavy atom. The molecule has 1 saturated carbocycles. The highest BCUT2D eigenvalue weighted by atomic mass is 16.5. The molecule has 190 valence electrons. The second kappa shape index (κ2) is 12.7. The van der Waals surface area contributed by atoms with Crippen LogP contribution >= 0.6 is 0 Å². The number of carboxylic acids is 1. The van der Waals surface area contributed by atoms with Crippen LogP contribution in [-0.4, -0.2) is 30.2 Å². The van der Waals surface area contributed by atoms with Crippen LogP contribution in [0.1, 0.15) is 64.0 Å². The number of rotatable bonds is 11. The first kappa shape index (κ1) is 26.7. The fraction of sp³-hybridized carbons (Fsp3) is 0.517. The lowest BCUT2D eigenvalue weighted by Crippen LogP contribution is -2.36. The van der Waals surface area contributed by atoms with Gasteiger partial charge in [-0.05, 0) is 79.5 Å². The summed E-state index contributed by atoms with van der Waals surface area (Å²) in [6.07, 6.45) is 3.87. The first-order valence-corrected chi connectivity index (χ1v) is 12.8. The molecule has 0 spiro atoms. The zero-order valence-corrected chi connectivity index (χ0v) is 21.4. The third-order valence-corrected chi connectivity index (χ3v) is 6.76. The molecule has 6 nitrogen and oxygen atoms in total. The van der Waals surface area contributed by atoms with Crippen molar-refractivity contribution in [1.82, 2.24) is 0 Å². The molecule has 1 aliphatic carbocycles. The summed E-state index contributed by atoms with van der Waals surface area (Å²) >= 11 is 0. The van der Waals surface area contributed by atoms with Crippen molar-refractivity contribution >= 4 is 17.6 Å². The Hall–Kier alpha value is -2.86. The van der Waals surface area contributed by atoms with Crippen LogP contribution in [0.3, 0.4) is 0 Å². The number of ether oxygens (including phenoxy) is 2. The lowest BCUT2D eigenvalue weighted by Gasteiger charge is -2.27. The van der Waals surface area contributed by atoms with Crippen LogP contribution < -0.4 is 10.1 Å². The molecular weight excluding hydrogens is 442 g/mol. The summed E-state index contributed by atoms with van der Waals surface area (Å²) in [6.45, 7) is 10.0. The van der Waals surface area contributed by atoms with Crippen molar-refractivity contribution in [3.05, 3.63) is 47.5 Å². The van der Waals surface area contributed by atoms with Gasteiger partial charge >= 0.3 is 5.97 Å². The van der Waals surface area contributed by atoms with E-state index < -0.39 is 17.8 Å². The highest BCUT2D eigenvalue weighted by Crippen LogP contribution is 2.35. The Kier molecular flexibility index (Phi) is 9.73. The molecular formula is C29H39NO5. The zero-order chi connectivity index (χ0) is 25.4. The Labute approximate surface area is 209 Å². The van der Waals surface area contributed by atoms with Crippen LogP contribution in [-0.2, 0) is 20.9 Å². The molecule has 0 radical (unpaired) electrons. The van der Waals surface area contributed by atoms with Gasteiger partial charge in [-0.25, -0.2) is 0 Å². The molecule has 1 fully saturated rings. The largest absolute Gasteiger partial charge is 0.494 e. The lowest BCUT2D eigenvalue weighted by atomic mass is 9.78. The quantitative estimate of drug-likeness (QED) is 0.360. The third-order valence-electron chi connectivity index (χ3n) is 6.76. The number of hydrogen-bond donors (Lipinski definition) is 2. The molecule has 1 aliphatic rings. The van der Waals surface area contributed by atoms with E-state index in [4.69, 9.17) is 9.47 Å². The number of benzene rings is 2. The van der Waals surface area contributed by atoms with Gasteiger partial charge in [0.15, 0.2) is 0 Å². The molecule has 3 rings (SSSR count). The van der Waals surface area contributed by atoms with Crippen molar-refractivity contribution in [2.24, 2.45) is 17.8 Å². The minimum Gasteiger partial charge on any atom is -0.494 e. The van der Waals surface area contributed by atoms with Gasteiger partial charge in [0.05, 0.1) is 25.0 Å². The average Bonchev–Trinajstić information content (AvgIpc) is 2.83. The monoisotopic (exact) mass is 481 g/mol. The van der Waals surface area contributed by atoms with Gasteiger partial charge in [-0.1, -0.05) is 44.9 Å². The van der Waals surface area contributed by atoms with Gasteiger partial charge in [-0.3, -0.25) is 9.59 Å². The van der Waals surface area contributed by atoms with Gasteiger partial charge in [0.25, 0.3) is 0 Å². The maximum atomic E-state index is 13.0. The molecule has 0 aliphatic heterocycles. The normalized spacial score (nSPS) is 17.9. The third kappa shape index (κ3) is 7.07. The number of carbonyl (C=O) groups excluding carboxylic acids is 1. The average molecular weight is 482 g/mol. The van der Waals surface area contributed by atoms with Crippen molar-refractivity contribution in [1.29, 1.82) is 0 Å². The molecule has 35 heavy (non-hydrogen) atoms. The lowest BCUT2D eigenvalue weighted by molar-refractivity contribution is -0.147. The van der Waals surface area contributed by atoms with Crippen molar-refractivity contribution in [3.8, 4) is 16.9 Å². The van der Waals surface area contributed by atoms with E-state index in [1.807, 2.05) is 37.3 Å². The Morgan fingerprint density at radius 2 is 1.83 bits per heavy atom. The van der Waals surface area contributed by atoms with Crippen LogP contribution in [0, 0.1) is 24.7 Å². The summed E-state index contributed by atoms with van der Waals surface area (Å²) in [5.41, 5.74) is 4.79. The van der Waals surface area contributed by atoms with E-state index in [-0.39, 0.29) is 5.91 Å². The summed E-state index contributed by atoms with van der Waals surface area (Å²) in [5, 5.41) is 12.6. The number of carboxylic acid groups (broad SMARTS) is 1. The predicted octanol–water partition coefficient (Wildman–Crippen LogP) is 6.45. The highest BCUT2D eigenvalue weighted by Gasteiger charge is 2.35. The molecule has 0 heterocycles. The fourth-order valence-corrected chi connectivity index (χ4v) is 4.75. The standard InChI is InChI=1S/C29H39NO5/c1-5-35-27-12-8-11-23(20(27)4)24-14-13-22(17-21(24)18-34-16-15-19(2)3)30-28(31)25-9-6-7-10-26(25)29(32)33/h8,11-14,17,19,25-26H,5-7,9-10,15-16,18H2,1-4H3,(H,30,31)(H,32,33)/t25-,26+/m0/s1. The molecule has 1 amide bonds. The van der Waals surface area contributed by atoms with Gasteiger partial charge in [-0.2, -0.15) is 0 Å². The second-order valence-electron chi connectivity index (χ2n) is 9.79. The van der Waals surface area contributed by atoms with Crippen molar-refractivity contribution in [2.75, 3.05) is 18.5 Å². The van der Waals surface area contributed by atoms with Crippen LogP contribution in [0.4, 0.5) is 5.69 Å². The SMILES string of the molecule is CCOc1cccc(-c2ccc(NC(=O)[C@H]3CCCC[C@H]3C(=O)O)cc2COCCC(C)C)c1C. The zero-order valence-electron chi connectivity index (χ0n) is 21.4. The van der Waals surface area contributed by atoms with Crippen LogP contribution in [0.5, 0.6) is 5.75 Å². The van der Waals surface area contributed by atoms with Crippen molar-refractivity contribution < 1.29 is 24.2 Å². The van der Waals surface area contributed by atoms with Crippen LogP contribution in [0.25, 0.3) is 11.1 Å². The van der Waals surface area contributed by atoms with E-state index in [9.17, 15) is 14.7 Å². The molecule has 2 atom stereocenters. The van der Waals surface area contributed by atoms with E-state index in [1.54, 1.807) is 0 Å². The Balaban J connectivity index is 1.88. The molecule has 2 N–H and O–H groups in total. The molecule has 0 unspecified atom stereocenters. The van der Waals surface area contributed by atoms with E-state index in [0.29, 0.717) is 44.3 Å². The Morgan fingerprint density at radius 1 is 1.09 bits per heavy atom. The highest BCUT2D eigenvalue weighted by molar-refractivity contribution is 5.95. The topological polar surface area (TPSA) is 84.9 Å². The van der Waals surface area contributed by atoms with Gasteiger partial charge in [0.2, 0.25) is 5.91 Å². The molecule has 6 heteroatoms. The number of anilines is 1. The van der Waals surface area contributed by atoms with Crippen molar-refractivity contribution in [2.45, 2.75) is 66.4 Å². The predicted molar refractivity (Wildman–Crippen MR) is 139 cm³/mol. The first-order valence-electron chi connectivity index (χ1n) is 12.8. The van der Waals surface area contributed by atoms with Gasteiger partial charge in [0, 0.05) is 12.3 Å². The van der Waals surface area contributed by atoms with Crippen molar-refractivity contribution in [3.63, 3.8) is 0 Å². The first-order chi connectivity index (χ1) is 16.8. The van der Waals surface area contributed by atoms with Crippen LogP contribution in [0.15, 0.2) is 36.4 Å². The van der Waals surface area contributed by atoms with E-state index in [0.717, 1.165) is 47.3 Å². The number of amides is 1. The van der Waals surface area contributed by atoms with Gasteiger partial charge in [-0.15, -0.1) is 0 Å². The maximum absolute atomic E-state index is 13.0. The summed E-state index contributed by atoms with van der Waals surface area (Å²) in [5.74, 6) is -0.813. The molecule has 0 saturated heterocycles. The van der Waals surface area contributed by atoms with Gasteiger partial charge < -0.3 is 19.9 Å². The molecule has 2 aromatic carbocycles. The summed E-state index contributed by atoms with van der Waals surface area (Å²) < 4.78 is 11.8. The summed E-state index contributed by atoms with van der Waals surface area (Å²) in [6, 6.07) is 11.9. The number of carbonyl (C=O) groups is 2. The molecule has 0 aromatic heterocycles. The maximum Gasteiger partial charge on any atom is 0.307 e. The molecule has 0 bridgehead atoms. The molecule has 2 aromatic rings. The van der Waals surface area contributed by atoms with E-state index in [1.165, 1.54) is 0 Å². The summed E-state index contributed by atoms with van der Waals surface area (Å²) in [4.78, 5) is 24.7. The van der Waals surface area contributed by atoms with E-state index >= 15 is 0 Å². The van der Waals surface area contributed by atoms with E-state index in [2.05, 4.69) is 32.2 Å². The second-order valence-corrected chi connectivity index (χ2v) is 9.79. The Bertz CT molecular complexity index is 1020. The summed E-state index contributed by atoms with van der Waals surface area (Å²) in [7, 11) is 0. The number of nitrogens with one attached hydrogen (secondary N) is 1. The minimum atomic E-state index is -0.885. The smallest absolute Gasteiger partial charge is 0.307 e. The fourth-order valence-electron chi connectivity index (χ4n) is 4.75.